The van der Waals surface area contributed by atoms with Gasteiger partial charge in [-0.3, -0.25) is 9.59 Å². The molecule has 136 valence electrons. The van der Waals surface area contributed by atoms with Gasteiger partial charge in [0.05, 0.1) is 5.75 Å². The normalized spacial score (nSPS) is 26.4. The summed E-state index contributed by atoms with van der Waals surface area (Å²) in [6.45, 7) is 2.39. The summed E-state index contributed by atoms with van der Waals surface area (Å²) < 4.78 is 2.05. The molecule has 1 saturated heterocycles. The lowest BCUT2D eigenvalue weighted by Gasteiger charge is -2.44. The van der Waals surface area contributed by atoms with Crippen LogP contribution in [-0.2, 0) is 11.3 Å². The van der Waals surface area contributed by atoms with Crippen LogP contribution >= 0.6 is 11.8 Å². The van der Waals surface area contributed by atoms with Crippen molar-refractivity contribution in [3.05, 3.63) is 33.7 Å². The predicted molar refractivity (Wildman–Crippen MR) is 102 cm³/mol. The molecule has 3 aliphatic rings. The van der Waals surface area contributed by atoms with Crippen molar-refractivity contribution in [2.75, 3.05) is 25.1 Å². The number of pyridine rings is 1. The SMILES string of the molecule is CSCC(=O)N1C[C@H]2C[C@H](C1)c1c(C3CCCCC3)ccc(=O)n1C2. The molecule has 0 aromatic carbocycles. The van der Waals surface area contributed by atoms with Crippen molar-refractivity contribution < 1.29 is 4.79 Å². The molecule has 2 aliphatic heterocycles. The second kappa shape index (κ2) is 7.18. The molecule has 25 heavy (non-hydrogen) atoms. The van der Waals surface area contributed by atoms with Crippen LogP contribution in [0.4, 0.5) is 0 Å². The first-order chi connectivity index (χ1) is 12.2. The summed E-state index contributed by atoms with van der Waals surface area (Å²) >= 11 is 1.60. The predicted octanol–water partition coefficient (Wildman–Crippen LogP) is 3.20. The number of rotatable bonds is 3. The van der Waals surface area contributed by atoms with Crippen LogP contribution in [0, 0.1) is 5.92 Å². The average molecular weight is 361 g/mol. The number of piperidine rings is 1. The first-order valence-corrected chi connectivity index (χ1v) is 11.1. The molecule has 2 fully saturated rings. The van der Waals surface area contributed by atoms with E-state index in [1.54, 1.807) is 17.8 Å². The number of fused-ring (bicyclic) bond motifs is 4. The first kappa shape index (κ1) is 17.2. The van der Waals surface area contributed by atoms with Crippen molar-refractivity contribution in [3.8, 4) is 0 Å². The Morgan fingerprint density at radius 1 is 1.12 bits per heavy atom. The molecule has 1 aromatic rings. The van der Waals surface area contributed by atoms with E-state index in [4.69, 9.17) is 0 Å². The maximum atomic E-state index is 12.5. The fourth-order valence-electron chi connectivity index (χ4n) is 5.22. The Labute approximate surface area is 154 Å². The largest absolute Gasteiger partial charge is 0.341 e. The number of carbonyl (C=O) groups excluding carboxylic acids is 1. The molecule has 4 nitrogen and oxygen atoms in total. The number of aromatic nitrogens is 1. The summed E-state index contributed by atoms with van der Waals surface area (Å²) in [7, 11) is 0. The van der Waals surface area contributed by atoms with Crippen LogP contribution < -0.4 is 5.56 Å². The number of nitrogens with zero attached hydrogens (tertiary/aromatic N) is 2. The summed E-state index contributed by atoms with van der Waals surface area (Å²) in [5, 5.41) is 0. The van der Waals surface area contributed by atoms with E-state index >= 15 is 0 Å². The van der Waals surface area contributed by atoms with Crippen LogP contribution in [0.5, 0.6) is 0 Å². The van der Waals surface area contributed by atoms with Gasteiger partial charge >= 0.3 is 0 Å². The number of likely N-dealkylation sites (tertiary alicyclic amines) is 1. The first-order valence-electron chi connectivity index (χ1n) is 9.67. The molecule has 3 heterocycles. The summed E-state index contributed by atoms with van der Waals surface area (Å²) in [6.07, 6.45) is 9.55. The standard InChI is InChI=1S/C20H28N2O2S/c1-25-13-19(24)21-10-14-9-16(12-21)20-17(15-5-3-2-4-6-15)7-8-18(23)22(20)11-14/h7-8,14-16H,2-6,9-13H2,1H3/t14-,16-/m1/s1. The number of carbonyl (C=O) groups is 1. The van der Waals surface area contributed by atoms with Gasteiger partial charge < -0.3 is 9.47 Å². The fourth-order valence-corrected chi connectivity index (χ4v) is 5.65. The third-order valence-electron chi connectivity index (χ3n) is 6.29. The van der Waals surface area contributed by atoms with E-state index in [2.05, 4.69) is 15.5 Å². The van der Waals surface area contributed by atoms with Crippen molar-refractivity contribution in [2.24, 2.45) is 5.92 Å². The Kier molecular flexibility index (Phi) is 4.94. The zero-order valence-corrected chi connectivity index (χ0v) is 15.9. The second-order valence-corrected chi connectivity index (χ2v) is 8.85. The van der Waals surface area contributed by atoms with Gasteiger partial charge in [-0.2, -0.15) is 11.8 Å². The van der Waals surface area contributed by atoms with Gasteiger partial charge in [-0.15, -0.1) is 0 Å². The third-order valence-corrected chi connectivity index (χ3v) is 6.82. The van der Waals surface area contributed by atoms with Crippen molar-refractivity contribution in [1.29, 1.82) is 0 Å². The van der Waals surface area contributed by atoms with Gasteiger partial charge in [0.2, 0.25) is 5.91 Å². The lowest BCUT2D eigenvalue weighted by atomic mass is 9.76. The van der Waals surface area contributed by atoms with Crippen LogP contribution in [0.1, 0.15) is 61.6 Å². The van der Waals surface area contributed by atoms with E-state index in [0.29, 0.717) is 23.5 Å². The highest BCUT2D eigenvalue weighted by Crippen LogP contribution is 2.42. The van der Waals surface area contributed by atoms with E-state index < -0.39 is 0 Å². The lowest BCUT2D eigenvalue weighted by molar-refractivity contribution is -0.131. The highest BCUT2D eigenvalue weighted by molar-refractivity contribution is 7.99. The van der Waals surface area contributed by atoms with Crippen LogP contribution in [-0.4, -0.2) is 40.5 Å². The van der Waals surface area contributed by atoms with E-state index in [0.717, 1.165) is 26.1 Å². The van der Waals surface area contributed by atoms with Crippen molar-refractivity contribution >= 4 is 17.7 Å². The highest BCUT2D eigenvalue weighted by atomic mass is 32.2. The van der Waals surface area contributed by atoms with Gasteiger partial charge in [0.25, 0.3) is 5.56 Å². The quantitative estimate of drug-likeness (QED) is 0.831. The van der Waals surface area contributed by atoms with Crippen molar-refractivity contribution in [1.82, 2.24) is 9.47 Å². The molecule has 2 atom stereocenters. The summed E-state index contributed by atoms with van der Waals surface area (Å²) in [5.41, 5.74) is 2.81. The molecule has 0 N–H and O–H groups in total. The van der Waals surface area contributed by atoms with Crippen LogP contribution in [0.3, 0.4) is 0 Å². The Morgan fingerprint density at radius 3 is 2.68 bits per heavy atom. The zero-order valence-electron chi connectivity index (χ0n) is 15.1. The molecule has 1 aliphatic carbocycles. The molecule has 1 aromatic heterocycles. The zero-order chi connectivity index (χ0) is 17.4. The summed E-state index contributed by atoms with van der Waals surface area (Å²) in [5.74, 6) is 2.19. The van der Waals surface area contributed by atoms with Gasteiger partial charge in [0.1, 0.15) is 0 Å². The molecule has 2 bridgehead atoms. The molecular weight excluding hydrogens is 332 g/mol. The van der Waals surface area contributed by atoms with Crippen molar-refractivity contribution in [2.45, 2.75) is 56.9 Å². The van der Waals surface area contributed by atoms with Gasteiger partial charge in [-0.1, -0.05) is 25.3 Å². The van der Waals surface area contributed by atoms with Gasteiger partial charge in [-0.05, 0) is 42.9 Å². The van der Waals surface area contributed by atoms with E-state index in [1.807, 2.05) is 6.26 Å². The third kappa shape index (κ3) is 3.27. The van der Waals surface area contributed by atoms with Crippen molar-refractivity contribution in [3.63, 3.8) is 0 Å². The Hall–Kier alpha value is -1.23. The molecule has 4 rings (SSSR count). The van der Waals surface area contributed by atoms with Gasteiger partial charge in [0, 0.05) is 37.3 Å². The molecule has 1 saturated carbocycles. The Bertz CT molecular complexity index is 708. The Morgan fingerprint density at radius 2 is 1.92 bits per heavy atom. The molecule has 1 amide bonds. The number of thioether (sulfide) groups is 1. The van der Waals surface area contributed by atoms with Gasteiger partial charge in [-0.25, -0.2) is 0 Å². The minimum atomic E-state index is 0.146. The minimum Gasteiger partial charge on any atom is -0.341 e. The topological polar surface area (TPSA) is 42.3 Å². The molecule has 0 spiro atoms. The lowest BCUT2D eigenvalue weighted by Crippen LogP contribution is -2.50. The second-order valence-electron chi connectivity index (χ2n) is 7.99. The fraction of sp³-hybridized carbons (Fsp3) is 0.700. The van der Waals surface area contributed by atoms with E-state index in [9.17, 15) is 9.59 Å². The summed E-state index contributed by atoms with van der Waals surface area (Å²) in [6, 6.07) is 3.89. The van der Waals surface area contributed by atoms with E-state index in [-0.39, 0.29) is 11.5 Å². The number of hydrogen-bond acceptors (Lipinski definition) is 3. The Balaban J connectivity index is 1.69. The molecule has 0 unspecified atom stereocenters. The van der Waals surface area contributed by atoms with Gasteiger partial charge in [0.15, 0.2) is 0 Å². The van der Waals surface area contributed by atoms with Crippen LogP contribution in [0.2, 0.25) is 0 Å². The maximum Gasteiger partial charge on any atom is 0.250 e. The molecular formula is C20H28N2O2S. The molecule has 5 heteroatoms. The van der Waals surface area contributed by atoms with Crippen LogP contribution in [0.15, 0.2) is 16.9 Å². The summed E-state index contributed by atoms with van der Waals surface area (Å²) in [4.78, 5) is 27.0. The number of hydrogen-bond donors (Lipinski definition) is 0. The smallest absolute Gasteiger partial charge is 0.250 e. The minimum absolute atomic E-state index is 0.146. The molecule has 0 radical (unpaired) electrons. The average Bonchev–Trinajstić information content (AvgIpc) is 2.63. The van der Waals surface area contributed by atoms with E-state index in [1.165, 1.54) is 43.4 Å². The van der Waals surface area contributed by atoms with Crippen LogP contribution in [0.25, 0.3) is 0 Å². The maximum absolute atomic E-state index is 12.5. The monoisotopic (exact) mass is 360 g/mol. The highest BCUT2D eigenvalue weighted by Gasteiger charge is 2.38. The number of amides is 1.